The molecule has 9 heteroatoms. The monoisotopic (exact) mass is 337 g/mol. The van der Waals surface area contributed by atoms with Crippen molar-refractivity contribution in [2.24, 2.45) is 5.92 Å². The first-order valence-corrected chi connectivity index (χ1v) is 7.90. The number of hydrogen-bond donors (Lipinski definition) is 2. The van der Waals surface area contributed by atoms with Gasteiger partial charge < -0.3 is 25.1 Å². The molecule has 3 heterocycles. The second kappa shape index (κ2) is 6.15. The molecule has 0 spiro atoms. The van der Waals surface area contributed by atoms with Crippen molar-refractivity contribution in [3.8, 4) is 5.88 Å². The Hall–Kier alpha value is -1.97. The minimum absolute atomic E-state index is 0.0222. The summed E-state index contributed by atoms with van der Waals surface area (Å²) in [5.74, 6) is 0.370. The third-order valence-corrected chi connectivity index (χ3v) is 4.74. The number of nitrogen functional groups attached to an aromatic ring is 1. The molecule has 24 heavy (non-hydrogen) atoms. The minimum Gasteiger partial charge on any atom is -0.479 e. The van der Waals surface area contributed by atoms with E-state index < -0.39 is 11.8 Å². The van der Waals surface area contributed by atoms with E-state index in [1.807, 2.05) is 20.8 Å². The second-order valence-electron chi connectivity index (χ2n) is 6.03. The Kier molecular flexibility index (Phi) is 4.33. The molecular weight excluding hydrogens is 314 g/mol. The molecule has 9 nitrogen and oxygen atoms in total. The first-order chi connectivity index (χ1) is 11.5. The number of rotatable bonds is 5. The Balaban J connectivity index is 2.13. The first-order valence-electron chi connectivity index (χ1n) is 7.90. The van der Waals surface area contributed by atoms with Crippen LogP contribution in [0.5, 0.6) is 5.88 Å². The van der Waals surface area contributed by atoms with Crippen LogP contribution in [-0.2, 0) is 9.47 Å². The van der Waals surface area contributed by atoms with E-state index in [4.69, 9.17) is 19.9 Å². The van der Waals surface area contributed by atoms with Gasteiger partial charge in [-0.1, -0.05) is 6.92 Å². The predicted octanol–water partition coefficient (Wildman–Crippen LogP) is 0.738. The highest BCUT2D eigenvalue weighted by Crippen LogP contribution is 2.46. The fraction of sp³-hybridized carbons (Fsp3) is 0.667. The zero-order valence-corrected chi connectivity index (χ0v) is 14.3. The maximum Gasteiger partial charge on any atom is 0.246 e. The molecule has 2 aromatic heterocycles. The highest BCUT2D eigenvalue weighted by molar-refractivity contribution is 5.77. The van der Waals surface area contributed by atoms with Gasteiger partial charge in [0.1, 0.15) is 5.60 Å². The van der Waals surface area contributed by atoms with Gasteiger partial charge in [-0.25, -0.2) is 4.98 Å². The second-order valence-corrected chi connectivity index (χ2v) is 6.03. The van der Waals surface area contributed by atoms with Crippen LogP contribution >= 0.6 is 0 Å². The molecule has 0 amide bonds. The first kappa shape index (κ1) is 16.9. The predicted molar refractivity (Wildman–Crippen MR) is 86.5 cm³/mol. The van der Waals surface area contributed by atoms with Crippen LogP contribution in [0, 0.1) is 5.92 Å². The third kappa shape index (κ3) is 2.40. The normalized spacial score (nSPS) is 30.1. The fourth-order valence-corrected chi connectivity index (χ4v) is 3.29. The summed E-state index contributed by atoms with van der Waals surface area (Å²) in [6, 6.07) is 0. The smallest absolute Gasteiger partial charge is 0.246 e. The van der Waals surface area contributed by atoms with E-state index >= 15 is 0 Å². The van der Waals surface area contributed by atoms with E-state index in [-0.39, 0.29) is 24.6 Å². The summed E-state index contributed by atoms with van der Waals surface area (Å²) in [4.78, 5) is 12.7. The summed E-state index contributed by atoms with van der Waals surface area (Å²) in [5.41, 5.74) is 6.12. The third-order valence-electron chi connectivity index (χ3n) is 4.74. The Morgan fingerprint density at radius 3 is 2.83 bits per heavy atom. The summed E-state index contributed by atoms with van der Waals surface area (Å²) < 4.78 is 19.1. The maximum atomic E-state index is 9.62. The van der Waals surface area contributed by atoms with Gasteiger partial charge in [-0.3, -0.25) is 4.57 Å². The molecule has 0 aromatic carbocycles. The van der Waals surface area contributed by atoms with Gasteiger partial charge in [0.05, 0.1) is 26.1 Å². The van der Waals surface area contributed by atoms with Crippen LogP contribution in [0.25, 0.3) is 11.2 Å². The van der Waals surface area contributed by atoms with Crippen molar-refractivity contribution in [1.82, 2.24) is 19.5 Å². The fourth-order valence-electron chi connectivity index (χ4n) is 3.29. The average Bonchev–Trinajstić information content (AvgIpc) is 3.07. The summed E-state index contributed by atoms with van der Waals surface area (Å²) in [5, 5.41) is 9.62. The standard InChI is InChI=1S/C15H23N5O4/c1-5-23-15(3)8(2)9(6-21)24-13(15)20-7-17-10-11(20)18-14(16)19-12(10)22-4/h7-9,13,21H,5-6H2,1-4H3,(H2,16,18,19)/t8-,9-,13-,15+/m1/s1. The summed E-state index contributed by atoms with van der Waals surface area (Å²) in [6.45, 7) is 6.32. The number of nitrogens with zero attached hydrogens (tertiary/aromatic N) is 4. The van der Waals surface area contributed by atoms with E-state index in [1.54, 1.807) is 10.9 Å². The topological polar surface area (TPSA) is 118 Å². The van der Waals surface area contributed by atoms with Crippen LogP contribution in [-0.4, -0.2) is 56.7 Å². The lowest BCUT2D eigenvalue weighted by Gasteiger charge is -2.33. The zero-order valence-electron chi connectivity index (χ0n) is 14.3. The highest BCUT2D eigenvalue weighted by atomic mass is 16.6. The van der Waals surface area contributed by atoms with Crippen molar-refractivity contribution >= 4 is 17.1 Å². The van der Waals surface area contributed by atoms with Crippen molar-refractivity contribution in [3.05, 3.63) is 6.33 Å². The van der Waals surface area contributed by atoms with Gasteiger partial charge in [-0.2, -0.15) is 9.97 Å². The lowest BCUT2D eigenvalue weighted by atomic mass is 9.87. The van der Waals surface area contributed by atoms with Gasteiger partial charge in [-0.05, 0) is 13.8 Å². The Morgan fingerprint density at radius 1 is 1.46 bits per heavy atom. The molecule has 0 saturated carbocycles. The molecule has 1 aliphatic heterocycles. The number of fused-ring (bicyclic) bond motifs is 1. The molecule has 2 aromatic rings. The number of aliphatic hydroxyl groups excluding tert-OH is 1. The number of anilines is 1. The Labute approximate surface area is 139 Å². The molecule has 0 bridgehead atoms. The molecule has 0 radical (unpaired) electrons. The van der Waals surface area contributed by atoms with Crippen molar-refractivity contribution in [2.45, 2.75) is 38.7 Å². The van der Waals surface area contributed by atoms with Crippen LogP contribution < -0.4 is 10.5 Å². The maximum absolute atomic E-state index is 9.62. The van der Waals surface area contributed by atoms with Gasteiger partial charge >= 0.3 is 0 Å². The van der Waals surface area contributed by atoms with Gasteiger partial charge in [0, 0.05) is 12.5 Å². The number of hydrogen-bond acceptors (Lipinski definition) is 8. The van der Waals surface area contributed by atoms with E-state index in [9.17, 15) is 5.11 Å². The molecule has 0 unspecified atom stereocenters. The van der Waals surface area contributed by atoms with E-state index in [0.29, 0.717) is 23.7 Å². The van der Waals surface area contributed by atoms with E-state index in [2.05, 4.69) is 15.0 Å². The Morgan fingerprint density at radius 2 is 2.21 bits per heavy atom. The molecule has 1 saturated heterocycles. The number of nitrogens with two attached hydrogens (primary N) is 1. The van der Waals surface area contributed by atoms with Crippen LogP contribution in [0.1, 0.15) is 27.0 Å². The minimum atomic E-state index is -0.650. The lowest BCUT2D eigenvalue weighted by molar-refractivity contribution is -0.122. The number of imidazole rings is 1. The summed E-state index contributed by atoms with van der Waals surface area (Å²) >= 11 is 0. The molecule has 132 valence electrons. The van der Waals surface area contributed by atoms with Crippen molar-refractivity contribution in [2.75, 3.05) is 26.1 Å². The quantitative estimate of drug-likeness (QED) is 0.820. The largest absolute Gasteiger partial charge is 0.479 e. The highest BCUT2D eigenvalue weighted by Gasteiger charge is 2.53. The van der Waals surface area contributed by atoms with Crippen molar-refractivity contribution in [3.63, 3.8) is 0 Å². The molecule has 3 rings (SSSR count). The van der Waals surface area contributed by atoms with Crippen molar-refractivity contribution < 1.29 is 19.3 Å². The van der Waals surface area contributed by atoms with Gasteiger partial charge in [-0.15, -0.1) is 0 Å². The van der Waals surface area contributed by atoms with Crippen LogP contribution in [0.4, 0.5) is 5.95 Å². The molecule has 1 fully saturated rings. The number of aliphatic hydroxyl groups is 1. The van der Waals surface area contributed by atoms with Gasteiger partial charge in [0.15, 0.2) is 17.4 Å². The van der Waals surface area contributed by atoms with Crippen molar-refractivity contribution in [1.29, 1.82) is 0 Å². The molecule has 3 N–H and O–H groups in total. The van der Waals surface area contributed by atoms with Crippen LogP contribution in [0.15, 0.2) is 6.33 Å². The van der Waals surface area contributed by atoms with E-state index in [0.717, 1.165) is 0 Å². The molecule has 0 aliphatic carbocycles. The van der Waals surface area contributed by atoms with Crippen LogP contribution in [0.2, 0.25) is 0 Å². The van der Waals surface area contributed by atoms with Gasteiger partial charge in [0.2, 0.25) is 11.8 Å². The zero-order chi connectivity index (χ0) is 17.5. The average molecular weight is 337 g/mol. The number of aromatic nitrogens is 4. The summed E-state index contributed by atoms with van der Waals surface area (Å²) in [7, 11) is 1.50. The number of methoxy groups -OCH3 is 1. The Bertz CT molecular complexity index is 736. The number of ether oxygens (including phenoxy) is 3. The SMILES string of the molecule is CCO[C@@]1(C)[C@H](C)[C@@H](CO)O[C@H]1n1cnc2c(OC)nc(N)nc21. The van der Waals surface area contributed by atoms with E-state index in [1.165, 1.54) is 7.11 Å². The molecule has 1 aliphatic rings. The molecular formula is C15H23N5O4. The van der Waals surface area contributed by atoms with Gasteiger partial charge in [0.25, 0.3) is 0 Å². The lowest BCUT2D eigenvalue weighted by Crippen LogP contribution is -2.41. The van der Waals surface area contributed by atoms with Crippen LogP contribution in [0.3, 0.4) is 0 Å². The molecule has 4 atom stereocenters. The summed E-state index contributed by atoms with van der Waals surface area (Å²) in [6.07, 6.45) is 0.758.